The third kappa shape index (κ3) is 3.67. The van der Waals surface area contributed by atoms with Gasteiger partial charge in [0.05, 0.1) is 12.2 Å². The molecule has 3 nitrogen and oxygen atoms in total. The van der Waals surface area contributed by atoms with Gasteiger partial charge in [0.1, 0.15) is 17.7 Å². The summed E-state index contributed by atoms with van der Waals surface area (Å²) in [7, 11) is 0. The summed E-state index contributed by atoms with van der Waals surface area (Å²) in [4.78, 5) is 0. The van der Waals surface area contributed by atoms with E-state index in [1.54, 1.807) is 24.3 Å². The Hall–Kier alpha value is -2.29. The van der Waals surface area contributed by atoms with Crippen LogP contribution in [0, 0.1) is 23.0 Å². The summed E-state index contributed by atoms with van der Waals surface area (Å²) < 4.78 is 26.9. The number of aliphatic hydroxyl groups is 1. The molecule has 5 heteroatoms. The van der Waals surface area contributed by atoms with Crippen LogP contribution in [0.1, 0.15) is 35.2 Å². The number of hydrogen-bond donors (Lipinski definition) is 2. The predicted octanol–water partition coefficient (Wildman–Crippen LogP) is 3.18. The molecular formula is C17H16F2N2O. The molecule has 0 bridgehead atoms. The number of halogens is 2. The lowest BCUT2D eigenvalue weighted by molar-refractivity contribution is 0.275. The van der Waals surface area contributed by atoms with Crippen molar-refractivity contribution in [3.05, 3.63) is 70.3 Å². The summed E-state index contributed by atoms with van der Waals surface area (Å²) in [5.41, 5.74) is 1.81. The Labute approximate surface area is 127 Å². The van der Waals surface area contributed by atoms with Crippen LogP contribution in [0.2, 0.25) is 0 Å². The monoisotopic (exact) mass is 302 g/mol. The number of aliphatic hydroxyl groups excluding tert-OH is 1. The molecule has 0 amide bonds. The number of hydrogen-bond acceptors (Lipinski definition) is 3. The quantitative estimate of drug-likeness (QED) is 0.892. The second-order valence-electron chi connectivity index (χ2n) is 5.04. The molecule has 0 saturated heterocycles. The lowest BCUT2D eigenvalue weighted by atomic mass is 10.0. The van der Waals surface area contributed by atoms with Gasteiger partial charge in [-0.1, -0.05) is 12.1 Å². The number of benzene rings is 2. The van der Waals surface area contributed by atoms with Crippen molar-refractivity contribution in [1.29, 1.82) is 5.26 Å². The molecule has 114 valence electrons. The summed E-state index contributed by atoms with van der Waals surface area (Å²) in [5, 5.41) is 21.0. The van der Waals surface area contributed by atoms with Gasteiger partial charge in [-0.25, -0.2) is 8.78 Å². The largest absolute Gasteiger partial charge is 0.392 e. The maximum absolute atomic E-state index is 13.6. The Morgan fingerprint density at radius 3 is 2.59 bits per heavy atom. The minimum atomic E-state index is -0.544. The van der Waals surface area contributed by atoms with Crippen molar-refractivity contribution in [2.75, 3.05) is 0 Å². The van der Waals surface area contributed by atoms with Gasteiger partial charge < -0.3 is 10.4 Å². The second kappa shape index (κ2) is 7.12. The van der Waals surface area contributed by atoms with E-state index in [4.69, 9.17) is 10.4 Å². The molecule has 22 heavy (non-hydrogen) atoms. The Bertz CT molecular complexity index is 710. The zero-order valence-electron chi connectivity index (χ0n) is 12.1. The van der Waals surface area contributed by atoms with Crippen LogP contribution >= 0.6 is 0 Å². The van der Waals surface area contributed by atoms with Gasteiger partial charge in [-0.2, -0.15) is 5.26 Å². The summed E-state index contributed by atoms with van der Waals surface area (Å²) in [6, 6.07) is 10.7. The topological polar surface area (TPSA) is 56.0 Å². The zero-order valence-corrected chi connectivity index (χ0v) is 12.1. The minimum absolute atomic E-state index is 0.0158. The number of nitrogens with one attached hydrogen (secondary N) is 1. The highest BCUT2D eigenvalue weighted by Crippen LogP contribution is 2.17. The summed E-state index contributed by atoms with van der Waals surface area (Å²) in [5.74, 6) is -0.980. The van der Waals surface area contributed by atoms with Crippen molar-refractivity contribution in [3.8, 4) is 6.07 Å². The van der Waals surface area contributed by atoms with Gasteiger partial charge in [0.25, 0.3) is 0 Å². The van der Waals surface area contributed by atoms with Gasteiger partial charge in [-0.05, 0) is 42.3 Å². The van der Waals surface area contributed by atoms with E-state index in [9.17, 15) is 8.78 Å². The van der Waals surface area contributed by atoms with Crippen molar-refractivity contribution < 1.29 is 13.9 Å². The zero-order chi connectivity index (χ0) is 16.1. The van der Waals surface area contributed by atoms with Gasteiger partial charge in [-0.15, -0.1) is 0 Å². The fourth-order valence-corrected chi connectivity index (χ4v) is 2.14. The van der Waals surface area contributed by atoms with E-state index in [0.29, 0.717) is 6.54 Å². The lowest BCUT2D eigenvalue weighted by Crippen LogP contribution is -2.18. The fraction of sp³-hybridized carbons (Fsp3) is 0.235. The Kier molecular flexibility index (Phi) is 5.21. The smallest absolute Gasteiger partial charge is 0.141 e. The first kappa shape index (κ1) is 16.1. The lowest BCUT2D eigenvalue weighted by Gasteiger charge is -2.15. The first-order valence-electron chi connectivity index (χ1n) is 6.86. The normalized spacial score (nSPS) is 12.0. The molecule has 0 spiro atoms. The van der Waals surface area contributed by atoms with Gasteiger partial charge >= 0.3 is 0 Å². The van der Waals surface area contributed by atoms with Gasteiger partial charge in [0, 0.05) is 18.2 Å². The van der Waals surface area contributed by atoms with Crippen LogP contribution < -0.4 is 5.32 Å². The Morgan fingerprint density at radius 1 is 1.18 bits per heavy atom. The summed E-state index contributed by atoms with van der Waals surface area (Å²) >= 11 is 0. The van der Waals surface area contributed by atoms with Crippen molar-refractivity contribution >= 4 is 0 Å². The first-order valence-corrected chi connectivity index (χ1v) is 6.86. The van der Waals surface area contributed by atoms with Crippen LogP contribution in [-0.4, -0.2) is 5.11 Å². The van der Waals surface area contributed by atoms with E-state index in [-0.39, 0.29) is 23.8 Å². The first-order chi connectivity index (χ1) is 10.5. The fourth-order valence-electron chi connectivity index (χ4n) is 2.14. The highest BCUT2D eigenvalue weighted by atomic mass is 19.1. The van der Waals surface area contributed by atoms with Crippen molar-refractivity contribution in [3.63, 3.8) is 0 Å². The molecule has 0 aliphatic rings. The van der Waals surface area contributed by atoms with Crippen LogP contribution in [0.5, 0.6) is 0 Å². The molecule has 0 aromatic heterocycles. The molecule has 1 unspecified atom stereocenters. The van der Waals surface area contributed by atoms with Gasteiger partial charge in [0.2, 0.25) is 0 Å². The van der Waals surface area contributed by atoms with E-state index in [1.807, 2.05) is 6.92 Å². The van der Waals surface area contributed by atoms with Crippen LogP contribution in [0.4, 0.5) is 8.78 Å². The van der Waals surface area contributed by atoms with Crippen LogP contribution in [0.3, 0.4) is 0 Å². The molecule has 0 saturated carbocycles. The molecule has 2 N–H and O–H groups in total. The van der Waals surface area contributed by atoms with Crippen molar-refractivity contribution in [1.82, 2.24) is 5.32 Å². The van der Waals surface area contributed by atoms with Crippen LogP contribution in [-0.2, 0) is 13.2 Å². The molecule has 2 aromatic carbocycles. The number of nitriles is 1. The molecule has 2 rings (SSSR count). The van der Waals surface area contributed by atoms with E-state index < -0.39 is 11.6 Å². The molecule has 0 fully saturated rings. The highest BCUT2D eigenvalue weighted by molar-refractivity contribution is 5.34. The van der Waals surface area contributed by atoms with Crippen molar-refractivity contribution in [2.45, 2.75) is 26.1 Å². The Morgan fingerprint density at radius 2 is 1.95 bits per heavy atom. The number of nitrogens with zero attached hydrogens (tertiary/aromatic N) is 1. The van der Waals surface area contributed by atoms with Crippen molar-refractivity contribution in [2.24, 2.45) is 0 Å². The molecule has 0 heterocycles. The van der Waals surface area contributed by atoms with E-state index in [2.05, 4.69) is 5.32 Å². The second-order valence-corrected chi connectivity index (χ2v) is 5.04. The van der Waals surface area contributed by atoms with Crippen LogP contribution in [0.25, 0.3) is 0 Å². The van der Waals surface area contributed by atoms with E-state index in [1.165, 1.54) is 18.2 Å². The minimum Gasteiger partial charge on any atom is -0.392 e. The summed E-state index contributed by atoms with van der Waals surface area (Å²) in [6.07, 6.45) is 0. The molecule has 1 atom stereocenters. The van der Waals surface area contributed by atoms with Crippen LogP contribution in [0.15, 0.2) is 36.4 Å². The molecule has 0 radical (unpaired) electrons. The highest BCUT2D eigenvalue weighted by Gasteiger charge is 2.09. The third-order valence-corrected chi connectivity index (χ3v) is 3.51. The third-order valence-electron chi connectivity index (χ3n) is 3.51. The standard InChI is InChI=1S/C17H16F2N2O/c1-11(13-3-4-14(8-20)17(19)7-13)21-9-12-2-5-16(18)15(6-12)10-22/h2-7,11,21-22H,9-10H2,1H3. The average molecular weight is 302 g/mol. The molecule has 0 aliphatic heterocycles. The number of rotatable bonds is 5. The van der Waals surface area contributed by atoms with E-state index >= 15 is 0 Å². The summed E-state index contributed by atoms with van der Waals surface area (Å²) in [6.45, 7) is 1.98. The molecule has 0 aliphatic carbocycles. The molecule has 2 aromatic rings. The van der Waals surface area contributed by atoms with Gasteiger partial charge in [0.15, 0.2) is 0 Å². The van der Waals surface area contributed by atoms with E-state index in [0.717, 1.165) is 11.1 Å². The maximum Gasteiger partial charge on any atom is 0.141 e. The Balaban J connectivity index is 2.05. The predicted molar refractivity (Wildman–Crippen MR) is 78.7 cm³/mol. The average Bonchev–Trinajstić information content (AvgIpc) is 2.53. The SMILES string of the molecule is CC(NCc1ccc(F)c(CO)c1)c1ccc(C#N)c(F)c1. The molecular weight excluding hydrogens is 286 g/mol. The van der Waals surface area contributed by atoms with Gasteiger partial charge in [-0.3, -0.25) is 0 Å². The maximum atomic E-state index is 13.6.